The van der Waals surface area contributed by atoms with Crippen molar-refractivity contribution in [2.45, 2.75) is 18.8 Å². The van der Waals surface area contributed by atoms with Gasteiger partial charge >= 0.3 is 0 Å². The highest BCUT2D eigenvalue weighted by atomic mass is 35.5. The molecule has 1 aromatic carbocycles. The molecular weight excluding hydrogens is 320 g/mol. The number of fused-ring (bicyclic) bond motifs is 1. The van der Waals surface area contributed by atoms with Crippen LogP contribution in [0.1, 0.15) is 18.1 Å². The molecule has 1 amide bonds. The van der Waals surface area contributed by atoms with Crippen LogP contribution in [-0.4, -0.2) is 28.7 Å². The third-order valence-electron chi connectivity index (χ3n) is 2.88. The molecule has 114 valence electrons. The van der Waals surface area contributed by atoms with Crippen LogP contribution in [0.15, 0.2) is 12.1 Å². The molecule has 1 aromatic heterocycles. The number of aromatic nitrogens is 2. The monoisotopic (exact) mass is 333 g/mol. The number of benzene rings is 1. The van der Waals surface area contributed by atoms with Crippen LogP contribution in [0.2, 0.25) is 5.02 Å². The van der Waals surface area contributed by atoms with Gasteiger partial charge in [-0.1, -0.05) is 11.6 Å². The second kappa shape index (κ2) is 6.60. The molecule has 0 saturated heterocycles. The van der Waals surface area contributed by atoms with Crippen molar-refractivity contribution in [3.05, 3.63) is 28.8 Å². The van der Waals surface area contributed by atoms with Gasteiger partial charge in [0, 0.05) is 12.6 Å². The Morgan fingerprint density at radius 2 is 2.29 bits per heavy atom. The molecule has 0 radical (unpaired) electrons. The number of ether oxygens (including phenoxy) is 1. The first-order valence-corrected chi connectivity index (χ1v) is 7.07. The van der Waals surface area contributed by atoms with Gasteiger partial charge in [-0.2, -0.15) is 0 Å². The summed E-state index contributed by atoms with van der Waals surface area (Å²) in [5.41, 5.74) is 6.11. The number of rotatable bonds is 6. The van der Waals surface area contributed by atoms with Crippen molar-refractivity contribution in [1.82, 2.24) is 9.55 Å². The Morgan fingerprint density at radius 1 is 1.57 bits per heavy atom. The molecule has 8 heteroatoms. The molecule has 0 saturated carbocycles. The summed E-state index contributed by atoms with van der Waals surface area (Å²) in [4.78, 5) is 15.0. The maximum atomic E-state index is 13.6. The van der Waals surface area contributed by atoms with Crippen molar-refractivity contribution in [2.24, 2.45) is 5.73 Å². The predicted octanol–water partition coefficient (Wildman–Crippen LogP) is 2.63. The number of primary amides is 1. The molecule has 1 heterocycles. The molecule has 0 aliphatic carbocycles. The Morgan fingerprint density at radius 3 is 2.90 bits per heavy atom. The summed E-state index contributed by atoms with van der Waals surface area (Å²) in [6, 6.07) is 2.76. The van der Waals surface area contributed by atoms with Gasteiger partial charge in [0.05, 0.1) is 28.0 Å². The average molecular weight is 334 g/mol. The summed E-state index contributed by atoms with van der Waals surface area (Å²) in [6.07, 6.45) is 0. The van der Waals surface area contributed by atoms with Crippen LogP contribution in [0.25, 0.3) is 11.0 Å². The van der Waals surface area contributed by atoms with Gasteiger partial charge in [-0.05, 0) is 13.0 Å². The smallest absolute Gasteiger partial charge is 0.243 e. The number of alkyl halides is 1. The molecule has 1 unspecified atom stereocenters. The van der Waals surface area contributed by atoms with E-state index in [1.54, 1.807) is 11.5 Å². The standard InChI is InChI=1S/C13H14Cl2FN3O2/c1-7(14)13-18-10-4-8(15)9(16)5-11(10)19(13)2-3-21-6-12(17)20/h4-5,7H,2-3,6H2,1H3,(H2,17,20). The zero-order chi connectivity index (χ0) is 15.6. The molecule has 0 aliphatic heterocycles. The zero-order valence-corrected chi connectivity index (χ0v) is 12.8. The van der Waals surface area contributed by atoms with Gasteiger partial charge in [-0.3, -0.25) is 4.79 Å². The van der Waals surface area contributed by atoms with E-state index < -0.39 is 11.7 Å². The molecular formula is C13H14Cl2FN3O2. The highest BCUT2D eigenvalue weighted by Gasteiger charge is 2.16. The van der Waals surface area contributed by atoms with E-state index in [4.69, 9.17) is 33.7 Å². The number of nitrogens with zero attached hydrogens (tertiary/aromatic N) is 2. The quantitative estimate of drug-likeness (QED) is 0.652. The third kappa shape index (κ3) is 3.64. The van der Waals surface area contributed by atoms with E-state index in [0.717, 1.165) is 0 Å². The molecule has 2 N–H and O–H groups in total. The largest absolute Gasteiger partial charge is 0.370 e. The van der Waals surface area contributed by atoms with Crippen LogP contribution in [0, 0.1) is 5.82 Å². The maximum absolute atomic E-state index is 13.6. The lowest BCUT2D eigenvalue weighted by Gasteiger charge is -2.10. The Labute approximate surface area is 130 Å². The minimum absolute atomic E-state index is 0.00547. The molecule has 0 aliphatic rings. The number of amides is 1. The number of hydrogen-bond acceptors (Lipinski definition) is 3. The van der Waals surface area contributed by atoms with Gasteiger partial charge in [-0.15, -0.1) is 11.6 Å². The fraction of sp³-hybridized carbons (Fsp3) is 0.385. The molecule has 2 aromatic rings. The summed E-state index contributed by atoms with van der Waals surface area (Å²) in [7, 11) is 0. The predicted molar refractivity (Wildman–Crippen MR) is 79.0 cm³/mol. The van der Waals surface area contributed by atoms with Crippen molar-refractivity contribution in [1.29, 1.82) is 0 Å². The van der Waals surface area contributed by atoms with Crippen molar-refractivity contribution in [2.75, 3.05) is 13.2 Å². The fourth-order valence-corrected chi connectivity index (χ4v) is 2.33. The lowest BCUT2D eigenvalue weighted by Crippen LogP contribution is -2.20. The molecule has 0 fully saturated rings. The third-order valence-corrected chi connectivity index (χ3v) is 3.36. The van der Waals surface area contributed by atoms with E-state index >= 15 is 0 Å². The van der Waals surface area contributed by atoms with E-state index in [1.165, 1.54) is 12.1 Å². The lowest BCUT2D eigenvalue weighted by molar-refractivity contribution is -0.122. The first-order chi connectivity index (χ1) is 9.90. The van der Waals surface area contributed by atoms with Crippen molar-refractivity contribution < 1.29 is 13.9 Å². The first kappa shape index (κ1) is 16.0. The lowest BCUT2D eigenvalue weighted by atomic mass is 10.3. The number of carbonyl (C=O) groups is 1. The number of halogens is 3. The minimum Gasteiger partial charge on any atom is -0.370 e. The first-order valence-electron chi connectivity index (χ1n) is 6.25. The Balaban J connectivity index is 2.32. The van der Waals surface area contributed by atoms with Gasteiger partial charge < -0.3 is 15.0 Å². The second-order valence-electron chi connectivity index (χ2n) is 4.51. The van der Waals surface area contributed by atoms with Crippen LogP contribution in [0.3, 0.4) is 0 Å². The summed E-state index contributed by atoms with van der Waals surface area (Å²) in [6.45, 7) is 2.20. The van der Waals surface area contributed by atoms with Crippen LogP contribution in [-0.2, 0) is 16.1 Å². The van der Waals surface area contributed by atoms with Crippen molar-refractivity contribution in [3.63, 3.8) is 0 Å². The second-order valence-corrected chi connectivity index (χ2v) is 5.57. The molecule has 0 bridgehead atoms. The molecule has 0 spiro atoms. The van der Waals surface area contributed by atoms with Crippen LogP contribution >= 0.6 is 23.2 Å². The zero-order valence-electron chi connectivity index (χ0n) is 11.3. The van der Waals surface area contributed by atoms with Gasteiger partial charge in [0.15, 0.2) is 0 Å². The summed E-state index contributed by atoms with van der Waals surface area (Å²) >= 11 is 11.9. The molecule has 21 heavy (non-hydrogen) atoms. The van der Waals surface area contributed by atoms with E-state index in [0.29, 0.717) is 23.4 Å². The number of imidazole rings is 1. The van der Waals surface area contributed by atoms with E-state index in [1.807, 2.05) is 0 Å². The van der Waals surface area contributed by atoms with Gasteiger partial charge in [-0.25, -0.2) is 9.37 Å². The highest BCUT2D eigenvalue weighted by molar-refractivity contribution is 6.31. The van der Waals surface area contributed by atoms with E-state index in [9.17, 15) is 9.18 Å². The van der Waals surface area contributed by atoms with Gasteiger partial charge in [0.2, 0.25) is 5.91 Å². The van der Waals surface area contributed by atoms with E-state index in [-0.39, 0.29) is 23.6 Å². The van der Waals surface area contributed by atoms with Crippen molar-refractivity contribution in [3.8, 4) is 0 Å². The van der Waals surface area contributed by atoms with Crippen LogP contribution in [0.5, 0.6) is 0 Å². The van der Waals surface area contributed by atoms with Gasteiger partial charge in [0.1, 0.15) is 18.2 Å². The van der Waals surface area contributed by atoms with Crippen molar-refractivity contribution >= 4 is 40.1 Å². The average Bonchev–Trinajstić information content (AvgIpc) is 2.73. The number of nitrogens with two attached hydrogens (primary N) is 1. The molecule has 5 nitrogen and oxygen atoms in total. The summed E-state index contributed by atoms with van der Waals surface area (Å²) in [5.74, 6) is -0.498. The maximum Gasteiger partial charge on any atom is 0.243 e. The number of hydrogen-bond donors (Lipinski definition) is 1. The molecule has 2 rings (SSSR count). The highest BCUT2D eigenvalue weighted by Crippen LogP contribution is 2.28. The van der Waals surface area contributed by atoms with Crippen LogP contribution in [0.4, 0.5) is 4.39 Å². The van der Waals surface area contributed by atoms with Crippen LogP contribution < -0.4 is 5.73 Å². The number of carbonyl (C=O) groups excluding carboxylic acids is 1. The SMILES string of the molecule is CC(Cl)c1nc2cc(Cl)c(F)cc2n1CCOCC(N)=O. The topological polar surface area (TPSA) is 70.1 Å². The summed E-state index contributed by atoms with van der Waals surface area (Å²) < 4.78 is 20.5. The Hall–Kier alpha value is -1.37. The Kier molecular flexibility index (Phi) is 5.03. The van der Waals surface area contributed by atoms with Gasteiger partial charge in [0.25, 0.3) is 0 Å². The van der Waals surface area contributed by atoms with E-state index in [2.05, 4.69) is 4.98 Å². The Bertz CT molecular complexity index is 673. The summed E-state index contributed by atoms with van der Waals surface area (Å²) in [5, 5.41) is -0.360. The minimum atomic E-state index is -0.547. The normalized spacial score (nSPS) is 12.8. The molecule has 1 atom stereocenters. The fourth-order valence-electron chi connectivity index (χ4n) is 2.01.